The number of nitrogen functional groups attached to an aromatic ring is 1. The number of nitrogens with two attached hydrogens (primary N) is 2. The van der Waals surface area contributed by atoms with Crippen LogP contribution in [0.4, 0.5) is 5.82 Å². The largest absolute Gasteiger partial charge is 0.405 e. The van der Waals surface area contributed by atoms with Crippen molar-refractivity contribution in [2.24, 2.45) is 16.6 Å². The molecule has 2 unspecified atom stereocenters. The number of aliphatic imine (C=N–C) groups is 1. The number of sulfone groups is 1. The number of hydrogen-bond donors (Lipinski definition) is 4. The van der Waals surface area contributed by atoms with Crippen molar-refractivity contribution in [2.45, 2.75) is 55.3 Å². The first-order valence-corrected chi connectivity index (χ1v) is 12.5. The average Bonchev–Trinajstić information content (AvgIpc) is 3.43. The molecule has 2 bridgehead atoms. The molecular formula is C22H27N7O4S. The van der Waals surface area contributed by atoms with Crippen LogP contribution in [0, 0.1) is 11.3 Å². The number of carbonyl (C=O) groups is 1. The Morgan fingerprint density at radius 1 is 1.26 bits per heavy atom. The molecule has 2 fully saturated rings. The van der Waals surface area contributed by atoms with Crippen LogP contribution in [-0.4, -0.2) is 53.5 Å². The molecule has 180 valence electrons. The van der Waals surface area contributed by atoms with E-state index in [1.54, 1.807) is 26.0 Å². The smallest absolute Gasteiger partial charge is 0.296 e. The summed E-state index contributed by atoms with van der Waals surface area (Å²) >= 11 is 0. The lowest BCUT2D eigenvalue weighted by Crippen LogP contribution is -2.41. The Morgan fingerprint density at radius 2 is 1.97 bits per heavy atom. The summed E-state index contributed by atoms with van der Waals surface area (Å²) in [6.45, 7) is 3.23. The molecule has 2 heterocycles. The van der Waals surface area contributed by atoms with Crippen LogP contribution >= 0.6 is 0 Å². The van der Waals surface area contributed by atoms with Crippen LogP contribution in [0.3, 0.4) is 0 Å². The summed E-state index contributed by atoms with van der Waals surface area (Å²) in [5.41, 5.74) is 12.5. The highest BCUT2D eigenvalue weighted by atomic mass is 32.2. The van der Waals surface area contributed by atoms with Gasteiger partial charge in [-0.05, 0) is 51.2 Å². The first-order chi connectivity index (χ1) is 16.1. The molecule has 1 saturated heterocycles. The van der Waals surface area contributed by atoms with Crippen molar-refractivity contribution in [3.05, 3.63) is 36.2 Å². The summed E-state index contributed by atoms with van der Waals surface area (Å²) < 4.78 is 29.9. The Morgan fingerprint density at radius 3 is 2.56 bits per heavy atom. The van der Waals surface area contributed by atoms with E-state index in [2.05, 4.69) is 20.3 Å². The van der Waals surface area contributed by atoms with Crippen molar-refractivity contribution >= 4 is 33.5 Å². The van der Waals surface area contributed by atoms with Crippen molar-refractivity contribution in [3.8, 4) is 11.3 Å². The number of nitrogens with zero attached hydrogens (tertiary/aromatic N) is 3. The molecule has 1 aliphatic heterocycles. The monoisotopic (exact) mass is 485 g/mol. The molecule has 12 heteroatoms. The molecule has 0 radical (unpaired) electrons. The zero-order chi connectivity index (χ0) is 24.6. The number of hydrogen-bond acceptors (Lipinski definition) is 9. The molecule has 1 amide bonds. The summed E-state index contributed by atoms with van der Waals surface area (Å²) in [6, 6.07) is 5.65. The fourth-order valence-corrected chi connectivity index (χ4v) is 5.34. The topological polar surface area (TPSA) is 186 Å². The number of aromatic nitrogens is 2. The van der Waals surface area contributed by atoms with Gasteiger partial charge in [-0.3, -0.25) is 10.2 Å². The molecule has 2 aliphatic rings. The number of benzene rings is 1. The van der Waals surface area contributed by atoms with Crippen LogP contribution in [0.2, 0.25) is 0 Å². The first kappa shape index (κ1) is 23.8. The fourth-order valence-electron chi connectivity index (χ4n) is 4.28. The molecular weight excluding hydrogens is 458 g/mol. The van der Waals surface area contributed by atoms with Gasteiger partial charge >= 0.3 is 0 Å². The maximum atomic E-state index is 12.4. The second-order valence-corrected chi connectivity index (χ2v) is 11.2. The lowest BCUT2D eigenvalue weighted by atomic mass is 10.00. The minimum absolute atomic E-state index is 0.0679. The van der Waals surface area contributed by atoms with E-state index in [1.165, 1.54) is 18.3 Å². The van der Waals surface area contributed by atoms with E-state index < -0.39 is 32.9 Å². The van der Waals surface area contributed by atoms with Gasteiger partial charge in [-0.2, -0.15) is 4.99 Å². The number of nitrogens with one attached hydrogen (secondary N) is 2. The number of carbonyl (C=O) groups excluding carboxylic acids is 1. The Labute approximate surface area is 197 Å². The zero-order valence-corrected chi connectivity index (χ0v) is 19.7. The van der Waals surface area contributed by atoms with Crippen LogP contribution in [0.25, 0.3) is 11.3 Å². The van der Waals surface area contributed by atoms with Crippen LogP contribution in [0.5, 0.6) is 0 Å². The summed E-state index contributed by atoms with van der Waals surface area (Å²) in [5.74, 6) is -0.766. The Kier molecular flexibility index (Phi) is 6.36. The molecule has 1 saturated carbocycles. The molecule has 6 N–H and O–H groups in total. The third-order valence-electron chi connectivity index (χ3n) is 6.17. The highest BCUT2D eigenvalue weighted by molar-refractivity contribution is 7.92. The van der Waals surface area contributed by atoms with Crippen LogP contribution in [-0.2, 0) is 19.4 Å². The number of piperidine rings is 1. The molecule has 34 heavy (non-hydrogen) atoms. The minimum Gasteiger partial charge on any atom is -0.405 e. The quantitative estimate of drug-likeness (QED) is 0.357. The van der Waals surface area contributed by atoms with E-state index >= 15 is 0 Å². The summed E-state index contributed by atoms with van der Waals surface area (Å²) in [6.07, 6.45) is 4.38. The number of amides is 1. The Balaban J connectivity index is 1.49. The van der Waals surface area contributed by atoms with Gasteiger partial charge in [-0.25, -0.2) is 18.4 Å². The van der Waals surface area contributed by atoms with Crippen molar-refractivity contribution in [1.29, 1.82) is 5.41 Å². The summed E-state index contributed by atoms with van der Waals surface area (Å²) in [5, 5.41) is 10.9. The van der Waals surface area contributed by atoms with E-state index in [4.69, 9.17) is 21.6 Å². The van der Waals surface area contributed by atoms with E-state index in [-0.39, 0.29) is 28.4 Å². The van der Waals surface area contributed by atoms with Gasteiger partial charge in [0.2, 0.25) is 5.90 Å². The maximum absolute atomic E-state index is 12.4. The summed E-state index contributed by atoms with van der Waals surface area (Å²) in [7, 11) is -3.41. The third kappa shape index (κ3) is 4.64. The fraction of sp³-hybridized carbons (Fsp3) is 0.409. The van der Waals surface area contributed by atoms with E-state index in [9.17, 15) is 13.2 Å². The molecule has 2 aromatic rings. The van der Waals surface area contributed by atoms with Gasteiger partial charge in [-0.15, -0.1) is 0 Å². The lowest BCUT2D eigenvalue weighted by molar-refractivity contribution is -0.120. The standard InChI is InChI=1S/C22H27N7O4S/c1-11(2)34(31,32)15-7-4-12(5-8-15)16-10-26-19(23)18(28-16)20(24)33-22(25)29-21(30)17-13-3-6-14(9-13)27-17/h4-5,7-8,10-11,13-14,17,24,27H,3,6,9H2,1-2H3,(H2,23,26)(H2,25,29,30)/t13?,14-,17?/m0/s1. The average molecular weight is 486 g/mol. The molecule has 11 nitrogen and oxygen atoms in total. The third-order valence-corrected chi connectivity index (χ3v) is 8.34. The van der Waals surface area contributed by atoms with Gasteiger partial charge in [0, 0.05) is 11.6 Å². The number of fused-ring (bicyclic) bond motifs is 2. The van der Waals surface area contributed by atoms with Crippen LogP contribution < -0.4 is 16.8 Å². The molecule has 0 spiro atoms. The van der Waals surface area contributed by atoms with Gasteiger partial charge in [0.15, 0.2) is 21.3 Å². The predicted octanol–water partition coefficient (Wildman–Crippen LogP) is 1.23. The van der Waals surface area contributed by atoms with Crippen molar-refractivity contribution < 1.29 is 17.9 Å². The molecule has 1 aromatic carbocycles. The molecule has 1 aliphatic carbocycles. The van der Waals surface area contributed by atoms with Crippen molar-refractivity contribution in [2.75, 3.05) is 5.73 Å². The van der Waals surface area contributed by atoms with Gasteiger partial charge in [-0.1, -0.05) is 12.1 Å². The number of ether oxygens (including phenoxy) is 1. The van der Waals surface area contributed by atoms with Gasteiger partial charge in [0.05, 0.1) is 28.1 Å². The van der Waals surface area contributed by atoms with Crippen LogP contribution in [0.15, 0.2) is 40.4 Å². The predicted molar refractivity (Wildman–Crippen MR) is 127 cm³/mol. The number of anilines is 1. The lowest BCUT2D eigenvalue weighted by Gasteiger charge is -2.19. The second-order valence-electron chi connectivity index (χ2n) is 8.74. The summed E-state index contributed by atoms with van der Waals surface area (Å²) in [4.78, 5) is 24.8. The minimum atomic E-state index is -3.41. The molecule has 3 atom stereocenters. The molecule has 4 rings (SSSR count). The van der Waals surface area contributed by atoms with E-state index in [0.717, 1.165) is 19.3 Å². The van der Waals surface area contributed by atoms with Gasteiger partial charge in [0.1, 0.15) is 0 Å². The number of amidine groups is 1. The maximum Gasteiger partial charge on any atom is 0.296 e. The van der Waals surface area contributed by atoms with Crippen molar-refractivity contribution in [1.82, 2.24) is 15.3 Å². The Hall–Kier alpha value is -3.38. The van der Waals surface area contributed by atoms with E-state index in [0.29, 0.717) is 17.3 Å². The van der Waals surface area contributed by atoms with Crippen molar-refractivity contribution in [3.63, 3.8) is 0 Å². The normalized spacial score (nSPS) is 22.2. The highest BCUT2D eigenvalue weighted by Crippen LogP contribution is 2.35. The zero-order valence-electron chi connectivity index (χ0n) is 18.9. The van der Waals surface area contributed by atoms with Gasteiger partial charge < -0.3 is 21.5 Å². The SMILES string of the molecule is CC(C)S(=O)(=O)c1ccc(-c2cnc(N)c(C(=N)OC(N)=NC(=O)C3N[C@H]4CCC3C4)n2)cc1. The van der Waals surface area contributed by atoms with E-state index in [1.807, 2.05) is 0 Å². The van der Waals surface area contributed by atoms with Crippen LogP contribution in [0.1, 0.15) is 38.8 Å². The molecule has 1 aromatic heterocycles. The first-order valence-electron chi connectivity index (χ1n) is 10.9. The number of rotatable bonds is 5. The highest BCUT2D eigenvalue weighted by Gasteiger charge is 2.42. The second kappa shape index (κ2) is 9.11. The van der Waals surface area contributed by atoms with Gasteiger partial charge in [0.25, 0.3) is 11.9 Å². The Bertz CT molecular complexity index is 1260.